The molecule has 88 valence electrons. The van der Waals surface area contributed by atoms with E-state index in [1.54, 1.807) is 38.1 Å². The minimum absolute atomic E-state index is 0.0753. The predicted molar refractivity (Wildman–Crippen MR) is 62.9 cm³/mol. The van der Waals surface area contributed by atoms with Crippen molar-refractivity contribution < 1.29 is 9.18 Å². The summed E-state index contributed by atoms with van der Waals surface area (Å²) in [5, 5.41) is 3.08. The minimum atomic E-state index is -0.213. The Kier molecular flexibility index (Phi) is 4.28. The third-order valence-corrected chi connectivity index (χ3v) is 2.32. The Labute approximate surface area is 95.3 Å². The topological polar surface area (TPSA) is 32.3 Å². The van der Waals surface area contributed by atoms with Gasteiger partial charge in [0.1, 0.15) is 5.82 Å². The summed E-state index contributed by atoms with van der Waals surface area (Å²) >= 11 is 0. The number of halogens is 1. The first-order valence-electron chi connectivity index (χ1n) is 5.21. The van der Waals surface area contributed by atoms with Crippen molar-refractivity contribution in [2.75, 3.05) is 26.0 Å². The summed E-state index contributed by atoms with van der Waals surface area (Å²) in [6, 6.07) is 4.82. The number of benzene rings is 1. The summed E-state index contributed by atoms with van der Waals surface area (Å²) in [6.07, 6.45) is 0.434. The van der Waals surface area contributed by atoms with Crippen LogP contribution >= 0.6 is 0 Å². The highest BCUT2D eigenvalue weighted by Gasteiger charge is 2.03. The van der Waals surface area contributed by atoms with Crippen LogP contribution in [0.5, 0.6) is 0 Å². The molecule has 0 aromatic heterocycles. The average molecular weight is 224 g/mol. The van der Waals surface area contributed by atoms with Gasteiger partial charge in [0.15, 0.2) is 0 Å². The normalized spacial score (nSPS) is 10.0. The van der Waals surface area contributed by atoms with E-state index in [2.05, 4.69) is 5.32 Å². The van der Waals surface area contributed by atoms with Gasteiger partial charge in [-0.25, -0.2) is 4.39 Å². The monoisotopic (exact) mass is 224 g/mol. The van der Waals surface area contributed by atoms with Gasteiger partial charge in [-0.05, 0) is 30.7 Å². The molecule has 0 aliphatic rings. The van der Waals surface area contributed by atoms with Gasteiger partial charge in [-0.15, -0.1) is 0 Å². The van der Waals surface area contributed by atoms with Crippen molar-refractivity contribution in [1.29, 1.82) is 0 Å². The lowest BCUT2D eigenvalue weighted by atomic mass is 10.2. The summed E-state index contributed by atoms with van der Waals surface area (Å²) < 4.78 is 13.0. The molecule has 0 aliphatic heterocycles. The number of aryl methyl sites for hydroxylation is 1. The summed E-state index contributed by atoms with van der Waals surface area (Å²) in [6.45, 7) is 2.27. The quantitative estimate of drug-likeness (QED) is 0.848. The van der Waals surface area contributed by atoms with Crippen LogP contribution in [0.1, 0.15) is 12.0 Å². The van der Waals surface area contributed by atoms with Crippen LogP contribution in [0, 0.1) is 12.7 Å². The average Bonchev–Trinajstić information content (AvgIpc) is 2.23. The first-order valence-corrected chi connectivity index (χ1v) is 5.21. The molecule has 16 heavy (non-hydrogen) atoms. The molecule has 0 atom stereocenters. The van der Waals surface area contributed by atoms with Crippen LogP contribution < -0.4 is 5.32 Å². The number of nitrogens with one attached hydrogen (secondary N) is 1. The van der Waals surface area contributed by atoms with E-state index < -0.39 is 0 Å². The van der Waals surface area contributed by atoms with E-state index in [9.17, 15) is 9.18 Å². The minimum Gasteiger partial charge on any atom is -0.385 e. The molecule has 3 nitrogen and oxygen atoms in total. The van der Waals surface area contributed by atoms with E-state index in [0.717, 1.165) is 5.69 Å². The standard InChI is InChI=1S/C12H17FN2O/c1-9-8-10(4-5-11(9)13)14-7-6-12(16)15(2)3/h4-5,8,14H,6-7H2,1-3H3. The van der Waals surface area contributed by atoms with E-state index >= 15 is 0 Å². The Morgan fingerprint density at radius 2 is 2.12 bits per heavy atom. The summed E-state index contributed by atoms with van der Waals surface area (Å²) in [5.41, 5.74) is 1.44. The number of carbonyl (C=O) groups excluding carboxylic acids is 1. The molecule has 1 rings (SSSR count). The van der Waals surface area contributed by atoms with E-state index in [1.807, 2.05) is 0 Å². The van der Waals surface area contributed by atoms with Crippen molar-refractivity contribution in [2.24, 2.45) is 0 Å². The van der Waals surface area contributed by atoms with Crippen molar-refractivity contribution in [3.8, 4) is 0 Å². The number of rotatable bonds is 4. The van der Waals surface area contributed by atoms with Crippen LogP contribution in [-0.2, 0) is 4.79 Å². The van der Waals surface area contributed by atoms with Gasteiger partial charge in [0.05, 0.1) is 0 Å². The highest BCUT2D eigenvalue weighted by atomic mass is 19.1. The fourth-order valence-electron chi connectivity index (χ4n) is 1.29. The Morgan fingerprint density at radius 3 is 2.69 bits per heavy atom. The summed E-state index contributed by atoms with van der Waals surface area (Å²) in [4.78, 5) is 12.8. The molecule has 0 fully saturated rings. The van der Waals surface area contributed by atoms with Crippen LogP contribution in [0.2, 0.25) is 0 Å². The fraction of sp³-hybridized carbons (Fsp3) is 0.417. The molecular formula is C12H17FN2O. The van der Waals surface area contributed by atoms with Gasteiger partial charge in [-0.2, -0.15) is 0 Å². The summed E-state index contributed by atoms with van der Waals surface area (Å²) in [7, 11) is 3.45. The number of anilines is 1. The number of hydrogen-bond donors (Lipinski definition) is 1. The molecule has 0 spiro atoms. The number of nitrogens with zero attached hydrogens (tertiary/aromatic N) is 1. The second-order valence-electron chi connectivity index (χ2n) is 3.93. The summed E-state index contributed by atoms with van der Waals surface area (Å²) in [5.74, 6) is -0.138. The molecule has 0 saturated carbocycles. The second-order valence-corrected chi connectivity index (χ2v) is 3.93. The van der Waals surface area contributed by atoms with Crippen LogP contribution in [0.15, 0.2) is 18.2 Å². The van der Waals surface area contributed by atoms with Crippen LogP contribution in [0.3, 0.4) is 0 Å². The third kappa shape index (κ3) is 3.53. The molecule has 0 saturated heterocycles. The maximum Gasteiger partial charge on any atom is 0.223 e. The maximum absolute atomic E-state index is 13.0. The van der Waals surface area contributed by atoms with Gasteiger partial charge in [0.2, 0.25) is 5.91 Å². The molecule has 1 aromatic carbocycles. The molecular weight excluding hydrogens is 207 g/mol. The molecule has 1 aromatic rings. The first-order chi connectivity index (χ1) is 7.50. The lowest BCUT2D eigenvalue weighted by Gasteiger charge is -2.11. The lowest BCUT2D eigenvalue weighted by Crippen LogP contribution is -2.23. The first kappa shape index (κ1) is 12.5. The van der Waals surface area contributed by atoms with E-state index in [-0.39, 0.29) is 11.7 Å². The fourth-order valence-corrected chi connectivity index (χ4v) is 1.29. The van der Waals surface area contributed by atoms with Gasteiger partial charge in [-0.3, -0.25) is 4.79 Å². The Hall–Kier alpha value is -1.58. The predicted octanol–water partition coefficient (Wildman–Crippen LogP) is 2.02. The van der Waals surface area contributed by atoms with Crippen LogP contribution in [0.4, 0.5) is 10.1 Å². The highest BCUT2D eigenvalue weighted by Crippen LogP contribution is 2.13. The van der Waals surface area contributed by atoms with Crippen molar-refractivity contribution in [3.05, 3.63) is 29.6 Å². The molecule has 0 unspecified atom stereocenters. The molecule has 0 bridgehead atoms. The SMILES string of the molecule is Cc1cc(NCCC(=O)N(C)C)ccc1F. The third-order valence-electron chi connectivity index (χ3n) is 2.32. The number of amides is 1. The van der Waals surface area contributed by atoms with Crippen LogP contribution in [-0.4, -0.2) is 31.4 Å². The lowest BCUT2D eigenvalue weighted by molar-refractivity contribution is -0.128. The molecule has 0 radical (unpaired) electrons. The van der Waals surface area contributed by atoms with Crippen molar-refractivity contribution in [2.45, 2.75) is 13.3 Å². The second kappa shape index (κ2) is 5.49. The zero-order chi connectivity index (χ0) is 12.1. The van der Waals surface area contributed by atoms with Gasteiger partial charge >= 0.3 is 0 Å². The number of hydrogen-bond acceptors (Lipinski definition) is 2. The largest absolute Gasteiger partial charge is 0.385 e. The van der Waals surface area contributed by atoms with E-state index in [1.165, 1.54) is 6.07 Å². The van der Waals surface area contributed by atoms with Crippen molar-refractivity contribution in [1.82, 2.24) is 4.90 Å². The molecule has 4 heteroatoms. The van der Waals surface area contributed by atoms with E-state index in [4.69, 9.17) is 0 Å². The smallest absolute Gasteiger partial charge is 0.223 e. The maximum atomic E-state index is 13.0. The van der Waals surface area contributed by atoms with Gasteiger partial charge in [0.25, 0.3) is 0 Å². The molecule has 1 amide bonds. The van der Waals surface area contributed by atoms with Crippen LogP contribution in [0.25, 0.3) is 0 Å². The Morgan fingerprint density at radius 1 is 1.44 bits per heavy atom. The molecule has 0 heterocycles. The molecule has 1 N–H and O–H groups in total. The van der Waals surface area contributed by atoms with Gasteiger partial charge in [-0.1, -0.05) is 0 Å². The molecule has 0 aliphatic carbocycles. The van der Waals surface area contributed by atoms with Crippen molar-refractivity contribution in [3.63, 3.8) is 0 Å². The highest BCUT2D eigenvalue weighted by molar-refractivity contribution is 5.76. The number of carbonyl (C=O) groups is 1. The van der Waals surface area contributed by atoms with Gasteiger partial charge < -0.3 is 10.2 Å². The van der Waals surface area contributed by atoms with Crippen molar-refractivity contribution >= 4 is 11.6 Å². The Bertz CT molecular complexity index is 377. The zero-order valence-corrected chi connectivity index (χ0v) is 9.88. The zero-order valence-electron chi connectivity index (χ0n) is 9.88. The Balaban J connectivity index is 2.43. The van der Waals surface area contributed by atoms with Gasteiger partial charge in [0, 0.05) is 32.7 Å². The van der Waals surface area contributed by atoms with E-state index in [0.29, 0.717) is 18.5 Å².